The Hall–Kier alpha value is -1.79. The third kappa shape index (κ3) is 8.28. The van der Waals surface area contributed by atoms with Crippen molar-refractivity contribution in [3.8, 4) is 0 Å². The molecule has 0 bridgehead atoms. The second kappa shape index (κ2) is 11.4. The van der Waals surface area contributed by atoms with E-state index in [4.69, 9.17) is 9.13 Å². The Balaban J connectivity index is 2.12. The summed E-state index contributed by atoms with van der Waals surface area (Å²) in [5.41, 5.74) is 2.66. The predicted molar refractivity (Wildman–Crippen MR) is 140 cm³/mol. The standard InChI is InChI=1S/C26H35BrN2O2S/c1-19(20-13-15-22(27)16-14-20)29(25(2,3)4)24(30)31-18-17-23(28-32-26(5,6)7)21-11-9-8-10-12-21/h8-16,19H,17-18H2,1-7H3/b28-23-/t19-/m0/s1. The summed E-state index contributed by atoms with van der Waals surface area (Å²) in [5, 5.41) is 0. The van der Waals surface area contributed by atoms with Crippen LogP contribution < -0.4 is 0 Å². The number of nitrogens with zero attached hydrogens (tertiary/aromatic N) is 2. The van der Waals surface area contributed by atoms with E-state index in [2.05, 4.69) is 36.7 Å². The van der Waals surface area contributed by atoms with E-state index in [0.717, 1.165) is 21.3 Å². The van der Waals surface area contributed by atoms with Crippen LogP contribution in [-0.2, 0) is 4.74 Å². The number of hydrogen-bond acceptors (Lipinski definition) is 4. The van der Waals surface area contributed by atoms with Gasteiger partial charge in [-0.25, -0.2) is 9.19 Å². The van der Waals surface area contributed by atoms with Crippen molar-refractivity contribution in [2.45, 2.75) is 71.2 Å². The lowest BCUT2D eigenvalue weighted by Gasteiger charge is -2.39. The van der Waals surface area contributed by atoms with Gasteiger partial charge in [0, 0.05) is 21.2 Å². The Labute approximate surface area is 206 Å². The lowest BCUT2D eigenvalue weighted by Crippen LogP contribution is -2.47. The highest BCUT2D eigenvalue weighted by atomic mass is 79.9. The molecule has 0 fully saturated rings. The predicted octanol–water partition coefficient (Wildman–Crippen LogP) is 8.07. The molecule has 4 nitrogen and oxygen atoms in total. The maximum absolute atomic E-state index is 13.2. The van der Waals surface area contributed by atoms with Gasteiger partial charge in [-0.15, -0.1) is 0 Å². The number of ether oxygens (including phenoxy) is 1. The van der Waals surface area contributed by atoms with E-state index in [0.29, 0.717) is 6.42 Å². The molecule has 0 aliphatic heterocycles. The van der Waals surface area contributed by atoms with E-state index < -0.39 is 0 Å². The summed E-state index contributed by atoms with van der Waals surface area (Å²) in [6.45, 7) is 14.8. The zero-order valence-corrected chi connectivity index (χ0v) is 22.6. The van der Waals surface area contributed by atoms with Crippen LogP contribution in [0, 0.1) is 0 Å². The Morgan fingerprint density at radius 3 is 2.16 bits per heavy atom. The van der Waals surface area contributed by atoms with Crippen LogP contribution in [0.15, 0.2) is 63.5 Å². The monoisotopic (exact) mass is 518 g/mol. The number of rotatable bonds is 7. The first-order valence-electron chi connectivity index (χ1n) is 10.9. The molecule has 32 heavy (non-hydrogen) atoms. The summed E-state index contributed by atoms with van der Waals surface area (Å²) >= 11 is 5.02. The van der Waals surface area contributed by atoms with Crippen LogP contribution in [0.4, 0.5) is 4.79 Å². The average molecular weight is 520 g/mol. The van der Waals surface area contributed by atoms with Crippen molar-refractivity contribution in [1.29, 1.82) is 0 Å². The summed E-state index contributed by atoms with van der Waals surface area (Å²) in [4.78, 5) is 15.0. The van der Waals surface area contributed by atoms with E-state index in [-0.39, 0.29) is 29.0 Å². The minimum Gasteiger partial charge on any atom is -0.449 e. The first-order chi connectivity index (χ1) is 14.9. The van der Waals surface area contributed by atoms with Gasteiger partial charge in [-0.05, 0) is 83.7 Å². The summed E-state index contributed by atoms with van der Waals surface area (Å²) in [6, 6.07) is 18.0. The second-order valence-corrected chi connectivity index (χ2v) is 12.2. The van der Waals surface area contributed by atoms with Crippen LogP contribution in [0.3, 0.4) is 0 Å². The molecule has 0 saturated carbocycles. The van der Waals surface area contributed by atoms with Gasteiger partial charge in [0.1, 0.15) is 0 Å². The highest BCUT2D eigenvalue weighted by molar-refractivity contribution is 9.10. The molecule has 0 radical (unpaired) electrons. The van der Waals surface area contributed by atoms with Crippen LogP contribution in [0.2, 0.25) is 0 Å². The maximum atomic E-state index is 13.2. The molecule has 0 heterocycles. The van der Waals surface area contributed by atoms with Gasteiger partial charge in [-0.1, -0.05) is 58.4 Å². The molecule has 0 saturated heterocycles. The lowest BCUT2D eigenvalue weighted by molar-refractivity contribution is 0.0491. The highest BCUT2D eigenvalue weighted by Gasteiger charge is 2.33. The van der Waals surface area contributed by atoms with E-state index in [9.17, 15) is 4.79 Å². The molecule has 0 aromatic heterocycles. The number of carbonyl (C=O) groups excluding carboxylic acids is 1. The Morgan fingerprint density at radius 2 is 1.62 bits per heavy atom. The fourth-order valence-corrected chi connectivity index (χ4v) is 4.12. The van der Waals surface area contributed by atoms with Crippen LogP contribution in [0.1, 0.15) is 72.1 Å². The Bertz CT molecular complexity index is 900. The average Bonchev–Trinajstić information content (AvgIpc) is 2.70. The van der Waals surface area contributed by atoms with Gasteiger partial charge in [-0.3, -0.25) is 4.90 Å². The molecule has 0 spiro atoms. The molecule has 2 aromatic carbocycles. The number of halogens is 1. The van der Waals surface area contributed by atoms with Gasteiger partial charge in [0.25, 0.3) is 0 Å². The van der Waals surface area contributed by atoms with Gasteiger partial charge in [0.05, 0.1) is 18.4 Å². The molecule has 2 rings (SSSR count). The lowest BCUT2D eigenvalue weighted by atomic mass is 10.00. The van der Waals surface area contributed by atoms with E-state index >= 15 is 0 Å². The van der Waals surface area contributed by atoms with Crippen molar-refractivity contribution >= 4 is 39.7 Å². The van der Waals surface area contributed by atoms with Crippen LogP contribution in [0.5, 0.6) is 0 Å². The molecule has 2 aromatic rings. The van der Waals surface area contributed by atoms with E-state index in [1.165, 1.54) is 0 Å². The molecule has 1 atom stereocenters. The second-order valence-electron chi connectivity index (χ2n) is 9.74. The molecule has 0 aliphatic rings. The van der Waals surface area contributed by atoms with Gasteiger partial charge < -0.3 is 4.74 Å². The third-order valence-electron chi connectivity index (χ3n) is 4.76. The van der Waals surface area contributed by atoms with Crippen LogP contribution in [-0.4, -0.2) is 33.6 Å². The number of carbonyl (C=O) groups is 1. The van der Waals surface area contributed by atoms with Gasteiger partial charge in [0.2, 0.25) is 0 Å². The fourth-order valence-electron chi connectivity index (χ4n) is 3.27. The van der Waals surface area contributed by atoms with Crippen molar-refractivity contribution in [3.05, 3.63) is 70.2 Å². The smallest absolute Gasteiger partial charge is 0.410 e. The number of amides is 1. The molecule has 1 amide bonds. The first-order valence-corrected chi connectivity index (χ1v) is 12.5. The van der Waals surface area contributed by atoms with Crippen molar-refractivity contribution in [1.82, 2.24) is 4.90 Å². The van der Waals surface area contributed by atoms with Gasteiger partial charge in [0.15, 0.2) is 0 Å². The molecule has 0 N–H and O–H groups in total. The summed E-state index contributed by atoms with van der Waals surface area (Å²) in [6.07, 6.45) is 0.243. The third-order valence-corrected chi connectivity index (χ3v) is 6.15. The fraction of sp³-hybridized carbons (Fsp3) is 0.462. The molecule has 0 unspecified atom stereocenters. The minimum atomic E-state index is -0.387. The molecule has 0 aliphatic carbocycles. The zero-order chi connectivity index (χ0) is 23.9. The SMILES string of the molecule is C[C@@H](c1ccc(Br)cc1)N(C(=O)OCC/C(=N/SC(C)(C)C)c1ccccc1)C(C)(C)C. The van der Waals surface area contributed by atoms with Crippen molar-refractivity contribution in [2.24, 2.45) is 4.40 Å². The topological polar surface area (TPSA) is 41.9 Å². The van der Waals surface area contributed by atoms with Crippen LogP contribution in [0.25, 0.3) is 0 Å². The van der Waals surface area contributed by atoms with Gasteiger partial charge >= 0.3 is 6.09 Å². The maximum Gasteiger partial charge on any atom is 0.410 e. The molecule has 6 heteroatoms. The Morgan fingerprint density at radius 1 is 1.03 bits per heavy atom. The van der Waals surface area contributed by atoms with Gasteiger partial charge in [-0.2, -0.15) is 0 Å². The normalized spacial score (nSPS) is 13.6. The summed E-state index contributed by atoms with van der Waals surface area (Å²) < 4.78 is 11.6. The zero-order valence-electron chi connectivity index (χ0n) is 20.2. The highest BCUT2D eigenvalue weighted by Crippen LogP contribution is 2.30. The van der Waals surface area contributed by atoms with Crippen molar-refractivity contribution in [3.63, 3.8) is 0 Å². The quantitative estimate of drug-likeness (QED) is 0.274. The molecule has 174 valence electrons. The van der Waals surface area contributed by atoms with Crippen molar-refractivity contribution < 1.29 is 9.53 Å². The van der Waals surface area contributed by atoms with Crippen LogP contribution >= 0.6 is 27.9 Å². The number of hydrogen-bond donors (Lipinski definition) is 0. The summed E-state index contributed by atoms with van der Waals surface area (Å²) in [7, 11) is 0. The number of benzene rings is 2. The largest absolute Gasteiger partial charge is 0.449 e. The molecular weight excluding hydrogens is 484 g/mol. The van der Waals surface area contributed by atoms with E-state index in [1.54, 1.807) is 16.8 Å². The first kappa shape index (κ1) is 26.5. The van der Waals surface area contributed by atoms with Crippen molar-refractivity contribution in [2.75, 3.05) is 6.61 Å². The minimum absolute atomic E-state index is 0.0137. The molecular formula is C26H35BrN2O2S. The summed E-state index contributed by atoms with van der Waals surface area (Å²) in [5.74, 6) is 0. The Kier molecular flexibility index (Phi) is 9.40. The van der Waals surface area contributed by atoms with E-state index in [1.807, 2.05) is 82.3 Å².